The molecule has 1 aliphatic rings. The van der Waals surface area contributed by atoms with Gasteiger partial charge in [-0.3, -0.25) is 4.79 Å². The minimum Gasteiger partial charge on any atom is -0.336 e. The fourth-order valence-corrected chi connectivity index (χ4v) is 3.07. The van der Waals surface area contributed by atoms with E-state index in [0.717, 1.165) is 5.56 Å². The Kier molecular flexibility index (Phi) is 5.21. The van der Waals surface area contributed by atoms with Crippen molar-refractivity contribution in [1.29, 1.82) is 0 Å². The second kappa shape index (κ2) is 7.56. The van der Waals surface area contributed by atoms with E-state index in [1.807, 2.05) is 30.3 Å². The summed E-state index contributed by atoms with van der Waals surface area (Å²) in [6.07, 6.45) is 0.581. The van der Waals surface area contributed by atoms with Gasteiger partial charge in [-0.15, -0.1) is 0 Å². The van der Waals surface area contributed by atoms with Crippen molar-refractivity contribution in [2.24, 2.45) is 0 Å². The number of rotatable bonds is 4. The molecular formula is C20H22FN3O2. The third kappa shape index (κ3) is 3.85. The van der Waals surface area contributed by atoms with Crippen molar-refractivity contribution in [3.05, 3.63) is 65.5 Å². The molecule has 1 fully saturated rings. The third-order valence-corrected chi connectivity index (χ3v) is 4.70. The summed E-state index contributed by atoms with van der Waals surface area (Å²) in [7, 11) is 1.59. The summed E-state index contributed by atoms with van der Waals surface area (Å²) in [5.41, 5.74) is 1.94. The summed E-state index contributed by atoms with van der Waals surface area (Å²) in [5, 5.41) is 2.65. The van der Waals surface area contributed by atoms with Crippen molar-refractivity contribution in [3.8, 4) is 0 Å². The van der Waals surface area contributed by atoms with Crippen LogP contribution in [0.4, 0.5) is 14.9 Å². The average Bonchev–Trinajstić information content (AvgIpc) is 2.99. The zero-order valence-electron chi connectivity index (χ0n) is 14.9. The lowest BCUT2D eigenvalue weighted by molar-refractivity contribution is -0.131. The highest BCUT2D eigenvalue weighted by atomic mass is 19.1. The third-order valence-electron chi connectivity index (χ3n) is 4.70. The van der Waals surface area contributed by atoms with Crippen LogP contribution in [0.3, 0.4) is 0 Å². The summed E-state index contributed by atoms with van der Waals surface area (Å²) >= 11 is 0. The number of hydrogen-bond donors (Lipinski definition) is 1. The maximum absolute atomic E-state index is 13.6. The van der Waals surface area contributed by atoms with Crippen molar-refractivity contribution >= 4 is 17.6 Å². The molecule has 2 aromatic carbocycles. The molecule has 26 heavy (non-hydrogen) atoms. The van der Waals surface area contributed by atoms with Gasteiger partial charge < -0.3 is 15.1 Å². The van der Waals surface area contributed by atoms with Crippen LogP contribution in [-0.4, -0.2) is 41.4 Å². The quantitative estimate of drug-likeness (QED) is 0.914. The standard InChI is InChI=1S/C20H22FN3O2/c1-14-8-9-16(12-17(14)21)22-20(26)23(2)18-10-11-24(19(18)25)13-15-6-4-3-5-7-15/h3-9,12,18H,10-11,13H2,1-2H3,(H,22,26). The van der Waals surface area contributed by atoms with E-state index >= 15 is 0 Å². The molecule has 6 heteroatoms. The molecule has 0 aliphatic carbocycles. The molecular weight excluding hydrogens is 333 g/mol. The molecule has 3 rings (SSSR count). The molecule has 1 saturated heterocycles. The van der Waals surface area contributed by atoms with Crippen LogP contribution in [0.5, 0.6) is 0 Å². The number of carbonyl (C=O) groups excluding carboxylic acids is 2. The first-order valence-corrected chi connectivity index (χ1v) is 8.58. The zero-order chi connectivity index (χ0) is 18.7. The Morgan fingerprint density at radius 2 is 2.00 bits per heavy atom. The van der Waals surface area contributed by atoms with E-state index in [4.69, 9.17) is 0 Å². The van der Waals surface area contributed by atoms with E-state index in [0.29, 0.717) is 30.8 Å². The topological polar surface area (TPSA) is 52.7 Å². The van der Waals surface area contributed by atoms with E-state index in [-0.39, 0.29) is 11.7 Å². The highest BCUT2D eigenvalue weighted by Gasteiger charge is 2.36. The lowest BCUT2D eigenvalue weighted by Crippen LogP contribution is -2.44. The van der Waals surface area contributed by atoms with Gasteiger partial charge in [0.2, 0.25) is 5.91 Å². The van der Waals surface area contributed by atoms with E-state index in [1.165, 1.54) is 11.0 Å². The van der Waals surface area contributed by atoms with Crippen molar-refractivity contribution in [2.75, 3.05) is 18.9 Å². The van der Waals surface area contributed by atoms with E-state index in [2.05, 4.69) is 5.32 Å². The van der Waals surface area contributed by atoms with Gasteiger partial charge in [0, 0.05) is 25.8 Å². The molecule has 2 aromatic rings. The highest BCUT2D eigenvalue weighted by Crippen LogP contribution is 2.20. The van der Waals surface area contributed by atoms with Crippen molar-refractivity contribution in [1.82, 2.24) is 9.80 Å². The number of urea groups is 1. The van der Waals surface area contributed by atoms with Gasteiger partial charge in [0.25, 0.3) is 0 Å². The van der Waals surface area contributed by atoms with Crippen LogP contribution in [0.1, 0.15) is 17.5 Å². The minimum atomic E-state index is -0.506. The highest BCUT2D eigenvalue weighted by molar-refractivity contribution is 5.94. The number of benzene rings is 2. The molecule has 1 N–H and O–H groups in total. The van der Waals surface area contributed by atoms with Gasteiger partial charge in [-0.2, -0.15) is 0 Å². The molecule has 5 nitrogen and oxygen atoms in total. The predicted octanol–water partition coefficient (Wildman–Crippen LogP) is 3.40. The summed E-state index contributed by atoms with van der Waals surface area (Å²) in [6, 6.07) is 13.4. The Morgan fingerprint density at radius 3 is 2.69 bits per heavy atom. The summed E-state index contributed by atoms with van der Waals surface area (Å²) < 4.78 is 13.6. The predicted molar refractivity (Wildman–Crippen MR) is 98.2 cm³/mol. The van der Waals surface area contributed by atoms with Crippen LogP contribution < -0.4 is 5.32 Å². The maximum atomic E-state index is 13.6. The van der Waals surface area contributed by atoms with E-state index < -0.39 is 12.1 Å². The number of likely N-dealkylation sites (tertiary alicyclic amines) is 1. The molecule has 0 aromatic heterocycles. The van der Waals surface area contributed by atoms with Crippen molar-refractivity contribution < 1.29 is 14.0 Å². The average molecular weight is 355 g/mol. The molecule has 0 radical (unpaired) electrons. The molecule has 0 spiro atoms. The van der Waals surface area contributed by atoms with Gasteiger partial charge in [0.15, 0.2) is 0 Å². The van der Waals surface area contributed by atoms with Crippen molar-refractivity contribution in [2.45, 2.75) is 25.9 Å². The Bertz CT molecular complexity index is 810. The Balaban J connectivity index is 1.62. The summed E-state index contributed by atoms with van der Waals surface area (Å²) in [6.45, 7) is 2.80. The number of amides is 3. The first-order valence-electron chi connectivity index (χ1n) is 8.58. The summed E-state index contributed by atoms with van der Waals surface area (Å²) in [5.74, 6) is -0.446. The minimum absolute atomic E-state index is 0.0680. The Hall–Kier alpha value is -2.89. The number of nitrogens with one attached hydrogen (secondary N) is 1. The van der Waals surface area contributed by atoms with Gasteiger partial charge in [0.05, 0.1) is 0 Å². The Labute approximate surface area is 152 Å². The lowest BCUT2D eigenvalue weighted by Gasteiger charge is -2.24. The maximum Gasteiger partial charge on any atom is 0.322 e. The number of aryl methyl sites for hydroxylation is 1. The number of halogens is 1. The first kappa shape index (κ1) is 17.9. The van der Waals surface area contributed by atoms with Gasteiger partial charge in [0.1, 0.15) is 11.9 Å². The number of likely N-dealkylation sites (N-methyl/N-ethyl adjacent to an activating group) is 1. The van der Waals surface area contributed by atoms with Gasteiger partial charge in [-0.25, -0.2) is 9.18 Å². The largest absolute Gasteiger partial charge is 0.336 e. The van der Waals surface area contributed by atoms with Gasteiger partial charge in [-0.1, -0.05) is 36.4 Å². The second-order valence-corrected chi connectivity index (χ2v) is 6.55. The van der Waals surface area contributed by atoms with Crippen LogP contribution >= 0.6 is 0 Å². The molecule has 1 atom stereocenters. The molecule has 1 heterocycles. The fraction of sp³-hybridized carbons (Fsp3) is 0.300. The number of hydrogen-bond acceptors (Lipinski definition) is 2. The van der Waals surface area contributed by atoms with Crippen molar-refractivity contribution in [3.63, 3.8) is 0 Å². The number of carbonyl (C=O) groups is 2. The number of anilines is 1. The Morgan fingerprint density at radius 1 is 1.27 bits per heavy atom. The van der Waals surface area contributed by atoms with Crippen LogP contribution in [0, 0.1) is 12.7 Å². The fourth-order valence-electron chi connectivity index (χ4n) is 3.07. The molecule has 1 aliphatic heterocycles. The van der Waals surface area contributed by atoms with Crippen LogP contribution in [0.15, 0.2) is 48.5 Å². The molecule has 1 unspecified atom stereocenters. The van der Waals surface area contributed by atoms with Crippen LogP contribution in [0.2, 0.25) is 0 Å². The molecule has 0 bridgehead atoms. The van der Waals surface area contributed by atoms with Crippen LogP contribution in [-0.2, 0) is 11.3 Å². The number of nitrogens with zero attached hydrogens (tertiary/aromatic N) is 2. The SMILES string of the molecule is Cc1ccc(NC(=O)N(C)C2CCN(Cc3ccccc3)C2=O)cc1F. The van der Waals surface area contributed by atoms with Crippen LogP contribution in [0.25, 0.3) is 0 Å². The lowest BCUT2D eigenvalue weighted by atomic mass is 10.2. The first-order chi connectivity index (χ1) is 12.5. The molecule has 3 amide bonds. The zero-order valence-corrected chi connectivity index (χ0v) is 14.9. The normalized spacial score (nSPS) is 16.7. The van der Waals surface area contributed by atoms with Gasteiger partial charge in [-0.05, 0) is 36.6 Å². The van der Waals surface area contributed by atoms with E-state index in [9.17, 15) is 14.0 Å². The monoisotopic (exact) mass is 355 g/mol. The second-order valence-electron chi connectivity index (χ2n) is 6.55. The molecule has 136 valence electrons. The summed E-state index contributed by atoms with van der Waals surface area (Å²) in [4.78, 5) is 28.2. The smallest absolute Gasteiger partial charge is 0.322 e. The molecule has 0 saturated carbocycles. The van der Waals surface area contributed by atoms with E-state index in [1.54, 1.807) is 31.0 Å². The van der Waals surface area contributed by atoms with Gasteiger partial charge >= 0.3 is 6.03 Å².